The molecule has 0 atom stereocenters. The maximum absolute atomic E-state index is 10.7. The lowest BCUT2D eigenvalue weighted by Crippen LogP contribution is -2.38. The van der Waals surface area contributed by atoms with Gasteiger partial charge in [-0.2, -0.15) is 5.10 Å². The highest BCUT2D eigenvalue weighted by molar-refractivity contribution is 5.71. The van der Waals surface area contributed by atoms with Crippen molar-refractivity contribution in [2.45, 2.75) is 13.3 Å². The van der Waals surface area contributed by atoms with Gasteiger partial charge in [-0.25, -0.2) is 14.5 Å². The van der Waals surface area contributed by atoms with Gasteiger partial charge in [0.1, 0.15) is 0 Å². The van der Waals surface area contributed by atoms with Crippen LogP contribution in [0.15, 0.2) is 36.8 Å². The highest BCUT2D eigenvalue weighted by Crippen LogP contribution is 2.22. The lowest BCUT2D eigenvalue weighted by Gasteiger charge is -2.25. The van der Waals surface area contributed by atoms with Crippen molar-refractivity contribution in [1.29, 1.82) is 0 Å². The Bertz CT molecular complexity index is 751. The molecule has 0 fully saturated rings. The number of amides is 2. The molecule has 1 aliphatic heterocycles. The maximum atomic E-state index is 10.7. The smallest absolute Gasteiger partial charge is 0.312 e. The van der Waals surface area contributed by atoms with Crippen molar-refractivity contribution in [1.82, 2.24) is 25.0 Å². The lowest BCUT2D eigenvalue weighted by atomic mass is 10.0. The lowest BCUT2D eigenvalue weighted by molar-refractivity contribution is 0.244. The van der Waals surface area contributed by atoms with Crippen LogP contribution in [-0.2, 0) is 0 Å². The van der Waals surface area contributed by atoms with Crippen LogP contribution in [0.25, 0.3) is 11.4 Å². The van der Waals surface area contributed by atoms with E-state index in [1.54, 1.807) is 6.20 Å². The minimum Gasteiger partial charge on any atom is -0.352 e. The molecular formula is C17H22N6O. The van der Waals surface area contributed by atoms with E-state index < -0.39 is 6.03 Å². The van der Waals surface area contributed by atoms with E-state index in [9.17, 15) is 4.79 Å². The molecule has 0 unspecified atom stereocenters. The van der Waals surface area contributed by atoms with Gasteiger partial charge in [0, 0.05) is 44.1 Å². The molecule has 2 amide bonds. The number of hydrogen-bond donors (Lipinski definition) is 2. The number of nitrogens with zero attached hydrogens (tertiary/aromatic N) is 4. The Hall–Kier alpha value is -2.67. The number of nitrogens with one attached hydrogen (secondary N) is 1. The van der Waals surface area contributed by atoms with Gasteiger partial charge in [0.15, 0.2) is 5.82 Å². The topological polar surface area (TPSA) is 89.1 Å². The summed E-state index contributed by atoms with van der Waals surface area (Å²) in [6.07, 6.45) is 8.89. The van der Waals surface area contributed by atoms with Crippen molar-refractivity contribution >= 4 is 11.6 Å². The molecule has 7 heteroatoms. The van der Waals surface area contributed by atoms with Crippen molar-refractivity contribution in [3.63, 3.8) is 0 Å². The fraction of sp³-hybridized carbons (Fsp3) is 0.353. The van der Waals surface area contributed by atoms with E-state index in [4.69, 9.17) is 5.73 Å². The largest absolute Gasteiger partial charge is 0.352 e. The third kappa shape index (κ3) is 3.99. The number of nitrogens with two attached hydrogens (primary N) is 1. The van der Waals surface area contributed by atoms with Crippen molar-refractivity contribution in [3.05, 3.63) is 47.9 Å². The number of rotatable bonds is 5. The quantitative estimate of drug-likeness (QED) is 0.867. The van der Waals surface area contributed by atoms with Crippen LogP contribution in [0.4, 0.5) is 4.79 Å². The van der Waals surface area contributed by atoms with E-state index in [0.29, 0.717) is 6.54 Å². The number of carbonyl (C=O) groups excluding carboxylic acids is 1. The Balaban J connectivity index is 1.62. The van der Waals surface area contributed by atoms with Gasteiger partial charge >= 0.3 is 6.03 Å². The molecule has 24 heavy (non-hydrogen) atoms. The highest BCUT2D eigenvalue weighted by atomic mass is 16.2. The zero-order chi connectivity index (χ0) is 16.9. The van der Waals surface area contributed by atoms with Crippen LogP contribution in [0.1, 0.15) is 17.5 Å². The predicted octanol–water partition coefficient (Wildman–Crippen LogP) is 1.33. The van der Waals surface area contributed by atoms with Crippen molar-refractivity contribution < 1.29 is 4.79 Å². The van der Waals surface area contributed by atoms with Crippen molar-refractivity contribution in [3.8, 4) is 5.82 Å². The molecule has 0 aromatic carbocycles. The molecule has 0 radical (unpaired) electrons. The summed E-state index contributed by atoms with van der Waals surface area (Å²) >= 11 is 0. The Morgan fingerprint density at radius 2 is 2.33 bits per heavy atom. The van der Waals surface area contributed by atoms with Crippen LogP contribution in [0.3, 0.4) is 0 Å². The van der Waals surface area contributed by atoms with Crippen LogP contribution in [0.5, 0.6) is 0 Å². The Labute approximate surface area is 141 Å². The second-order valence-electron chi connectivity index (χ2n) is 5.94. The van der Waals surface area contributed by atoms with Crippen LogP contribution >= 0.6 is 0 Å². The fourth-order valence-electron chi connectivity index (χ4n) is 2.77. The van der Waals surface area contributed by atoms with Gasteiger partial charge in [0.2, 0.25) is 0 Å². The number of carbonyl (C=O) groups is 1. The van der Waals surface area contributed by atoms with Gasteiger partial charge in [-0.3, -0.25) is 4.90 Å². The first kappa shape index (κ1) is 16.2. The zero-order valence-electron chi connectivity index (χ0n) is 13.8. The standard InChI is InChI=1S/C17H22N6O/c1-13-2-5-19-16(10-13)23-12-15(11-21-23)14-3-7-22(8-4-14)9-6-20-17(18)24/h2-3,5,10-12H,4,6-9H2,1H3,(H3,18,20,24). The average molecular weight is 326 g/mol. The monoisotopic (exact) mass is 326 g/mol. The third-order valence-electron chi connectivity index (χ3n) is 4.11. The number of aryl methyl sites for hydroxylation is 1. The molecule has 3 N–H and O–H groups in total. The average Bonchev–Trinajstić information content (AvgIpc) is 3.05. The Kier molecular flexibility index (Phi) is 4.90. The molecule has 2 aromatic heterocycles. The maximum Gasteiger partial charge on any atom is 0.312 e. The number of pyridine rings is 1. The molecule has 0 bridgehead atoms. The molecule has 0 aliphatic carbocycles. The predicted molar refractivity (Wildman–Crippen MR) is 92.7 cm³/mol. The SMILES string of the molecule is Cc1ccnc(-n2cc(C3=CCN(CCNC(N)=O)CC3)cn2)c1. The van der Waals surface area contributed by atoms with Gasteiger partial charge in [-0.05, 0) is 36.6 Å². The number of urea groups is 1. The number of primary amides is 1. The number of aromatic nitrogens is 3. The summed E-state index contributed by atoms with van der Waals surface area (Å²) in [6.45, 7) is 5.25. The Morgan fingerprint density at radius 3 is 3.04 bits per heavy atom. The summed E-state index contributed by atoms with van der Waals surface area (Å²) < 4.78 is 1.81. The van der Waals surface area contributed by atoms with E-state index in [1.165, 1.54) is 5.57 Å². The summed E-state index contributed by atoms with van der Waals surface area (Å²) in [5.74, 6) is 0.830. The summed E-state index contributed by atoms with van der Waals surface area (Å²) in [5.41, 5.74) is 8.66. The van der Waals surface area contributed by atoms with Crippen LogP contribution in [-0.4, -0.2) is 51.9 Å². The van der Waals surface area contributed by atoms with E-state index in [-0.39, 0.29) is 0 Å². The minimum atomic E-state index is -0.472. The zero-order valence-corrected chi connectivity index (χ0v) is 13.8. The van der Waals surface area contributed by atoms with Crippen LogP contribution in [0, 0.1) is 6.92 Å². The van der Waals surface area contributed by atoms with Crippen molar-refractivity contribution in [2.24, 2.45) is 5.73 Å². The van der Waals surface area contributed by atoms with Crippen LogP contribution in [0.2, 0.25) is 0 Å². The van der Waals surface area contributed by atoms with E-state index >= 15 is 0 Å². The molecule has 0 saturated carbocycles. The Morgan fingerprint density at radius 1 is 1.46 bits per heavy atom. The molecule has 0 saturated heterocycles. The van der Waals surface area contributed by atoms with Gasteiger partial charge in [0.05, 0.1) is 6.20 Å². The summed E-state index contributed by atoms with van der Waals surface area (Å²) in [5, 5.41) is 7.05. The molecule has 1 aliphatic rings. The fourth-order valence-corrected chi connectivity index (χ4v) is 2.77. The molecule has 3 heterocycles. The minimum absolute atomic E-state index is 0.472. The van der Waals surface area contributed by atoms with Gasteiger partial charge in [0.25, 0.3) is 0 Å². The third-order valence-corrected chi connectivity index (χ3v) is 4.11. The first-order valence-corrected chi connectivity index (χ1v) is 8.04. The summed E-state index contributed by atoms with van der Waals surface area (Å²) in [4.78, 5) is 17.3. The normalized spacial score (nSPS) is 15.1. The highest BCUT2D eigenvalue weighted by Gasteiger charge is 2.14. The summed E-state index contributed by atoms with van der Waals surface area (Å²) in [6, 6.07) is 3.51. The van der Waals surface area contributed by atoms with Gasteiger partial charge < -0.3 is 11.1 Å². The van der Waals surface area contributed by atoms with E-state index in [1.807, 2.05) is 36.1 Å². The van der Waals surface area contributed by atoms with Crippen LogP contribution < -0.4 is 11.1 Å². The van der Waals surface area contributed by atoms with Gasteiger partial charge in [-0.15, -0.1) is 0 Å². The molecule has 126 valence electrons. The second-order valence-corrected chi connectivity index (χ2v) is 5.94. The number of hydrogen-bond acceptors (Lipinski definition) is 4. The first-order valence-electron chi connectivity index (χ1n) is 8.04. The van der Waals surface area contributed by atoms with Gasteiger partial charge in [-0.1, -0.05) is 6.08 Å². The molecular weight excluding hydrogens is 304 g/mol. The molecule has 0 spiro atoms. The molecule has 2 aromatic rings. The molecule has 7 nitrogen and oxygen atoms in total. The first-order chi connectivity index (χ1) is 11.6. The van der Waals surface area contributed by atoms with E-state index in [2.05, 4.69) is 26.4 Å². The van der Waals surface area contributed by atoms with E-state index in [0.717, 1.165) is 43.0 Å². The molecule has 3 rings (SSSR count). The summed E-state index contributed by atoms with van der Waals surface area (Å²) in [7, 11) is 0. The second kappa shape index (κ2) is 7.27. The van der Waals surface area contributed by atoms with Crippen molar-refractivity contribution in [2.75, 3.05) is 26.2 Å².